The maximum Gasteiger partial charge on any atom is 0.272 e. The smallest absolute Gasteiger partial charge is 0.267 e. The number of aromatic nitrogens is 3. The monoisotopic (exact) mass is 471 g/mol. The van der Waals surface area contributed by atoms with Crippen LogP contribution in [0, 0.1) is 31.1 Å². The van der Waals surface area contributed by atoms with Gasteiger partial charge in [0.2, 0.25) is 0 Å². The van der Waals surface area contributed by atoms with Gasteiger partial charge in [-0.2, -0.15) is 10.2 Å². The maximum absolute atomic E-state index is 13.0. The van der Waals surface area contributed by atoms with E-state index in [1.54, 1.807) is 4.68 Å². The summed E-state index contributed by atoms with van der Waals surface area (Å²) in [5, 5.41) is 9.76. The summed E-state index contributed by atoms with van der Waals surface area (Å²) in [6.45, 7) is 5.87. The quantitative estimate of drug-likeness (QED) is 0.394. The molecule has 4 aliphatic rings. The highest BCUT2D eigenvalue weighted by Gasteiger charge is 2.56. The van der Waals surface area contributed by atoms with E-state index in [0.717, 1.165) is 46.4 Å². The Bertz CT molecular complexity index is 1060. The lowest BCUT2D eigenvalue weighted by Crippen LogP contribution is -2.53. The van der Waals surface area contributed by atoms with Crippen molar-refractivity contribution >= 4 is 38.6 Å². The fraction of sp³-hybridized carbons (Fsp3) is 0.652. The zero-order chi connectivity index (χ0) is 21.3. The molecule has 4 fully saturated rings. The van der Waals surface area contributed by atoms with Gasteiger partial charge in [-0.25, -0.2) is 10.4 Å². The zero-order valence-corrected chi connectivity index (χ0v) is 19.8. The van der Waals surface area contributed by atoms with Crippen LogP contribution in [0.1, 0.15) is 73.6 Å². The van der Waals surface area contributed by atoms with Crippen molar-refractivity contribution < 1.29 is 4.79 Å². The predicted molar refractivity (Wildman–Crippen MR) is 122 cm³/mol. The second kappa shape index (κ2) is 6.87. The molecule has 0 radical (unpaired) electrons. The molecule has 6 nitrogen and oxygen atoms in total. The van der Waals surface area contributed by atoms with Crippen molar-refractivity contribution in [2.24, 2.45) is 29.4 Å². The van der Waals surface area contributed by atoms with Gasteiger partial charge in [0.15, 0.2) is 5.65 Å². The highest BCUT2D eigenvalue weighted by atomic mass is 79.9. The summed E-state index contributed by atoms with van der Waals surface area (Å²) in [4.78, 5) is 17.5. The van der Waals surface area contributed by atoms with Crippen molar-refractivity contribution in [1.29, 1.82) is 0 Å². The van der Waals surface area contributed by atoms with E-state index in [9.17, 15) is 4.79 Å². The Morgan fingerprint density at radius 2 is 2.00 bits per heavy atom. The van der Waals surface area contributed by atoms with E-state index in [0.29, 0.717) is 15.3 Å². The molecule has 7 heteroatoms. The van der Waals surface area contributed by atoms with Crippen LogP contribution in [0.25, 0.3) is 11.0 Å². The molecule has 0 aromatic carbocycles. The van der Waals surface area contributed by atoms with Crippen molar-refractivity contribution in [2.45, 2.75) is 70.0 Å². The number of nitrogens with one attached hydrogen (secondary N) is 1. The Kier molecular flexibility index (Phi) is 4.62. The van der Waals surface area contributed by atoms with Gasteiger partial charge in [-0.3, -0.25) is 9.48 Å². The number of carbonyl (C=O) groups excluding carboxylic acids is 1. The second-order valence-electron chi connectivity index (χ2n) is 10.3. The average Bonchev–Trinajstić information content (AvgIpc) is 2.90. The van der Waals surface area contributed by atoms with E-state index in [2.05, 4.69) is 43.5 Å². The summed E-state index contributed by atoms with van der Waals surface area (Å²) < 4.78 is 2.07. The summed E-state index contributed by atoms with van der Waals surface area (Å²) in [5.74, 6) is 1.52. The van der Waals surface area contributed by atoms with Crippen molar-refractivity contribution in [2.75, 3.05) is 0 Å². The largest absolute Gasteiger partial charge is 0.272 e. The standard InChI is InChI=1S/C23H30BrN5O/c1-13-5-18(19-15(3)28-29(4)20(19)25-13)21(30)27-26-14(2)7-22-8-16-6-17(9-22)11-23(24,10-16)12-22/h5,16-17H,6-12H2,1-4H3,(H,27,30)/b26-14+/t16-,17+,22?,23?. The molecule has 2 unspecified atom stereocenters. The predicted octanol–water partition coefficient (Wildman–Crippen LogP) is 4.81. The molecule has 0 aliphatic heterocycles. The fourth-order valence-electron chi connectivity index (χ4n) is 7.08. The molecule has 2 aromatic rings. The average molecular weight is 472 g/mol. The summed E-state index contributed by atoms with van der Waals surface area (Å²) in [6.07, 6.45) is 8.93. The molecular weight excluding hydrogens is 442 g/mol. The van der Waals surface area contributed by atoms with Crippen LogP contribution in [0.4, 0.5) is 0 Å². The number of hydrogen-bond donors (Lipinski definition) is 1. The van der Waals surface area contributed by atoms with Gasteiger partial charge in [0, 0.05) is 22.8 Å². The maximum atomic E-state index is 13.0. The van der Waals surface area contributed by atoms with Gasteiger partial charge in [-0.15, -0.1) is 0 Å². The number of pyridine rings is 1. The lowest BCUT2D eigenvalue weighted by Gasteiger charge is -2.60. The molecule has 1 amide bonds. The van der Waals surface area contributed by atoms with Gasteiger partial charge in [-0.1, -0.05) is 15.9 Å². The lowest BCUT2D eigenvalue weighted by molar-refractivity contribution is -0.0303. The second-order valence-corrected chi connectivity index (χ2v) is 12.0. The van der Waals surface area contributed by atoms with E-state index in [1.807, 2.05) is 27.0 Å². The Balaban J connectivity index is 1.35. The minimum absolute atomic E-state index is 0.191. The third-order valence-corrected chi connectivity index (χ3v) is 8.36. The van der Waals surface area contributed by atoms with Gasteiger partial charge >= 0.3 is 0 Å². The normalized spacial score (nSPS) is 32.8. The van der Waals surface area contributed by atoms with Crippen LogP contribution in [0.15, 0.2) is 11.2 Å². The van der Waals surface area contributed by atoms with Crippen molar-refractivity contribution in [1.82, 2.24) is 20.2 Å². The number of hydrazone groups is 1. The van der Waals surface area contributed by atoms with Crippen molar-refractivity contribution in [3.05, 3.63) is 23.0 Å². The molecule has 4 saturated carbocycles. The molecule has 160 valence electrons. The Morgan fingerprint density at radius 3 is 2.67 bits per heavy atom. The van der Waals surface area contributed by atoms with Gasteiger partial charge in [-0.05, 0) is 89.0 Å². The van der Waals surface area contributed by atoms with Crippen LogP contribution in [-0.2, 0) is 7.05 Å². The first-order valence-electron chi connectivity index (χ1n) is 11.0. The summed E-state index contributed by atoms with van der Waals surface area (Å²) in [6, 6.07) is 1.82. The minimum Gasteiger partial charge on any atom is -0.267 e. The van der Waals surface area contributed by atoms with Gasteiger partial charge in [0.05, 0.1) is 16.6 Å². The molecule has 1 N–H and O–H groups in total. The van der Waals surface area contributed by atoms with E-state index < -0.39 is 0 Å². The molecule has 30 heavy (non-hydrogen) atoms. The first-order valence-corrected chi connectivity index (χ1v) is 11.8. The number of hydrogen-bond acceptors (Lipinski definition) is 4. The molecule has 4 bridgehead atoms. The van der Waals surface area contributed by atoms with Crippen LogP contribution < -0.4 is 5.43 Å². The number of carbonyl (C=O) groups is 1. The molecule has 0 saturated heterocycles. The van der Waals surface area contributed by atoms with Crippen LogP contribution in [0.3, 0.4) is 0 Å². The number of halogens is 1. The first-order chi connectivity index (χ1) is 14.2. The Labute approximate surface area is 186 Å². The lowest BCUT2D eigenvalue weighted by atomic mass is 9.48. The van der Waals surface area contributed by atoms with Crippen molar-refractivity contribution in [3.63, 3.8) is 0 Å². The number of rotatable bonds is 4. The van der Waals surface area contributed by atoms with Crippen molar-refractivity contribution in [3.8, 4) is 0 Å². The minimum atomic E-state index is -0.191. The van der Waals surface area contributed by atoms with E-state index in [-0.39, 0.29) is 5.91 Å². The Hall–Kier alpha value is -1.76. The van der Waals surface area contributed by atoms with Gasteiger partial charge < -0.3 is 0 Å². The number of alkyl halides is 1. The zero-order valence-electron chi connectivity index (χ0n) is 18.3. The van der Waals surface area contributed by atoms with Gasteiger partial charge in [0.25, 0.3) is 5.91 Å². The van der Waals surface area contributed by atoms with Crippen LogP contribution >= 0.6 is 15.9 Å². The number of nitrogens with zero attached hydrogens (tertiary/aromatic N) is 4. The fourth-order valence-corrected chi connectivity index (χ4v) is 8.59. The van der Waals surface area contributed by atoms with E-state index >= 15 is 0 Å². The highest BCUT2D eigenvalue weighted by Crippen LogP contribution is 2.65. The highest BCUT2D eigenvalue weighted by molar-refractivity contribution is 9.10. The number of aryl methyl sites for hydroxylation is 3. The van der Waals surface area contributed by atoms with E-state index in [4.69, 9.17) is 0 Å². The molecule has 2 aromatic heterocycles. The third-order valence-electron chi connectivity index (χ3n) is 7.43. The summed E-state index contributed by atoms with van der Waals surface area (Å²) >= 11 is 4.09. The first kappa shape index (κ1) is 20.2. The number of amides is 1. The van der Waals surface area contributed by atoms with E-state index in [1.165, 1.54) is 38.5 Å². The molecular formula is C23H30BrN5O. The topological polar surface area (TPSA) is 72.2 Å². The third kappa shape index (κ3) is 3.39. The molecule has 4 atom stereocenters. The molecule has 0 spiro atoms. The summed E-state index contributed by atoms with van der Waals surface area (Å²) in [7, 11) is 1.86. The van der Waals surface area contributed by atoms with Crippen LogP contribution in [-0.4, -0.2) is 30.7 Å². The Morgan fingerprint density at radius 1 is 1.30 bits per heavy atom. The molecule has 4 aliphatic carbocycles. The summed E-state index contributed by atoms with van der Waals surface area (Å²) in [5.41, 5.74) is 7.12. The van der Waals surface area contributed by atoms with Gasteiger partial charge in [0.1, 0.15) is 0 Å². The van der Waals surface area contributed by atoms with Crippen LogP contribution in [0.5, 0.6) is 0 Å². The molecule has 6 rings (SSSR count). The van der Waals surface area contributed by atoms with Crippen LogP contribution in [0.2, 0.25) is 0 Å². The SMILES string of the molecule is C/C(CC12C[C@@H]3C[C@@H](CC(Br)(C3)C1)C2)=N\NC(=O)c1cc(C)nc2c1c(C)nn2C. The number of fused-ring (bicyclic) bond motifs is 1. The molecule has 2 heterocycles.